The number of H-pyrrole nitrogens is 1. The molecular weight excluding hydrogens is 380 g/mol. The van der Waals surface area contributed by atoms with Crippen LogP contribution in [-0.2, 0) is 0 Å². The molecule has 0 aliphatic rings. The largest absolute Gasteiger partial charge is 0.493 e. The van der Waals surface area contributed by atoms with Gasteiger partial charge in [0.1, 0.15) is 0 Å². The summed E-state index contributed by atoms with van der Waals surface area (Å²) in [5.74, 6) is 1.07. The Morgan fingerprint density at radius 2 is 1.64 bits per heavy atom. The van der Waals surface area contributed by atoms with E-state index in [1.807, 2.05) is 18.2 Å². The van der Waals surface area contributed by atoms with E-state index in [2.05, 4.69) is 10.2 Å². The van der Waals surface area contributed by atoms with E-state index < -0.39 is 0 Å². The van der Waals surface area contributed by atoms with Gasteiger partial charge in [-0.1, -0.05) is 23.7 Å². The van der Waals surface area contributed by atoms with Gasteiger partial charge in [-0.15, -0.1) is 0 Å². The molecule has 0 aliphatic carbocycles. The van der Waals surface area contributed by atoms with Crippen molar-refractivity contribution < 1.29 is 19.0 Å². The van der Waals surface area contributed by atoms with E-state index in [-0.39, 0.29) is 5.78 Å². The third kappa shape index (κ3) is 4.18. The van der Waals surface area contributed by atoms with E-state index in [0.29, 0.717) is 33.5 Å². The third-order valence-corrected chi connectivity index (χ3v) is 4.35. The molecule has 7 heteroatoms. The lowest BCUT2D eigenvalue weighted by atomic mass is 10.1. The first-order chi connectivity index (χ1) is 13.5. The number of hydrogen-bond acceptors (Lipinski definition) is 5. The first kappa shape index (κ1) is 19.5. The average Bonchev–Trinajstić information content (AvgIpc) is 3.20. The Morgan fingerprint density at radius 1 is 1.00 bits per heavy atom. The Morgan fingerprint density at radius 3 is 2.21 bits per heavy atom. The summed E-state index contributed by atoms with van der Waals surface area (Å²) >= 11 is 5.91. The van der Waals surface area contributed by atoms with Crippen LogP contribution in [0.3, 0.4) is 0 Å². The number of rotatable bonds is 7. The molecule has 0 aliphatic heterocycles. The minimum absolute atomic E-state index is 0.207. The molecule has 0 spiro atoms. The first-order valence-corrected chi connectivity index (χ1v) is 8.77. The van der Waals surface area contributed by atoms with Crippen molar-refractivity contribution in [2.24, 2.45) is 0 Å². The number of aromatic amines is 1. The van der Waals surface area contributed by atoms with Gasteiger partial charge < -0.3 is 14.2 Å². The summed E-state index contributed by atoms with van der Waals surface area (Å²) in [6.07, 6.45) is 3.12. The molecule has 2 aromatic carbocycles. The van der Waals surface area contributed by atoms with Gasteiger partial charge in [-0.05, 0) is 42.5 Å². The molecule has 1 N–H and O–H groups in total. The third-order valence-electron chi connectivity index (χ3n) is 4.10. The maximum absolute atomic E-state index is 12.6. The smallest absolute Gasteiger partial charge is 0.203 e. The lowest BCUT2D eigenvalue weighted by Crippen LogP contribution is -2.00. The summed E-state index contributed by atoms with van der Waals surface area (Å²) < 4.78 is 15.8. The number of ether oxygens (including phenoxy) is 3. The van der Waals surface area contributed by atoms with Crippen LogP contribution in [-0.4, -0.2) is 37.3 Å². The normalized spacial score (nSPS) is 10.9. The van der Waals surface area contributed by atoms with Gasteiger partial charge in [-0.25, -0.2) is 0 Å². The second kappa shape index (κ2) is 8.63. The van der Waals surface area contributed by atoms with Gasteiger partial charge in [0.25, 0.3) is 0 Å². The number of halogens is 1. The zero-order valence-corrected chi connectivity index (χ0v) is 16.4. The van der Waals surface area contributed by atoms with Crippen LogP contribution >= 0.6 is 11.6 Å². The van der Waals surface area contributed by atoms with Gasteiger partial charge in [0, 0.05) is 16.1 Å². The Labute approximate surface area is 167 Å². The van der Waals surface area contributed by atoms with Crippen LogP contribution in [0.1, 0.15) is 16.1 Å². The first-order valence-electron chi connectivity index (χ1n) is 8.39. The van der Waals surface area contributed by atoms with Crippen LogP contribution in [0.15, 0.2) is 48.5 Å². The molecule has 144 valence electrons. The lowest BCUT2D eigenvalue weighted by Gasteiger charge is -2.13. The highest BCUT2D eigenvalue weighted by molar-refractivity contribution is 6.30. The predicted molar refractivity (Wildman–Crippen MR) is 108 cm³/mol. The van der Waals surface area contributed by atoms with Crippen LogP contribution in [0, 0.1) is 0 Å². The van der Waals surface area contributed by atoms with Crippen LogP contribution in [0.25, 0.3) is 17.3 Å². The number of methoxy groups -OCH3 is 3. The fourth-order valence-electron chi connectivity index (χ4n) is 2.68. The number of carbonyl (C=O) groups is 1. The van der Waals surface area contributed by atoms with Crippen molar-refractivity contribution >= 4 is 23.5 Å². The fraction of sp³-hybridized carbons (Fsp3) is 0.143. The zero-order chi connectivity index (χ0) is 20.1. The highest BCUT2D eigenvalue weighted by atomic mass is 35.5. The molecule has 1 heterocycles. The number of benzene rings is 2. The SMILES string of the molecule is COc1cc(C(=O)/C=C/c2cc(-c3ccc(Cl)cc3)n[nH]2)cc(OC)c1OC. The quantitative estimate of drug-likeness (QED) is 0.463. The number of allylic oxidation sites excluding steroid dienone is 1. The van der Waals surface area contributed by atoms with Crippen molar-refractivity contribution in [3.63, 3.8) is 0 Å². The number of nitrogens with one attached hydrogen (secondary N) is 1. The van der Waals surface area contributed by atoms with Gasteiger partial charge in [0.05, 0.1) is 32.7 Å². The molecule has 1 aromatic heterocycles. The maximum Gasteiger partial charge on any atom is 0.203 e. The van der Waals surface area contributed by atoms with Crippen molar-refractivity contribution in [2.45, 2.75) is 0 Å². The molecule has 0 saturated heterocycles. The van der Waals surface area contributed by atoms with Crippen molar-refractivity contribution in [3.8, 4) is 28.5 Å². The molecule has 0 saturated carbocycles. The van der Waals surface area contributed by atoms with Gasteiger partial charge in [-0.2, -0.15) is 5.10 Å². The summed E-state index contributed by atoms with van der Waals surface area (Å²) in [4.78, 5) is 12.6. The van der Waals surface area contributed by atoms with E-state index in [4.69, 9.17) is 25.8 Å². The molecule has 3 rings (SSSR count). The van der Waals surface area contributed by atoms with E-state index in [1.54, 1.807) is 30.3 Å². The molecule has 0 bridgehead atoms. The molecule has 28 heavy (non-hydrogen) atoms. The Bertz CT molecular complexity index is 984. The summed E-state index contributed by atoms with van der Waals surface area (Å²) in [5, 5.41) is 7.82. The van der Waals surface area contributed by atoms with Crippen LogP contribution < -0.4 is 14.2 Å². The topological polar surface area (TPSA) is 73.4 Å². The number of ketones is 1. The second-order valence-corrected chi connectivity index (χ2v) is 6.26. The summed E-state index contributed by atoms with van der Waals surface area (Å²) in [7, 11) is 4.52. The monoisotopic (exact) mass is 398 g/mol. The lowest BCUT2D eigenvalue weighted by molar-refractivity contribution is 0.104. The molecule has 6 nitrogen and oxygen atoms in total. The average molecular weight is 399 g/mol. The number of nitrogens with zero attached hydrogens (tertiary/aromatic N) is 1. The van der Waals surface area contributed by atoms with Crippen LogP contribution in [0.4, 0.5) is 0 Å². The molecule has 0 unspecified atom stereocenters. The van der Waals surface area contributed by atoms with E-state index in [9.17, 15) is 4.79 Å². The second-order valence-electron chi connectivity index (χ2n) is 5.83. The van der Waals surface area contributed by atoms with Gasteiger partial charge in [-0.3, -0.25) is 9.89 Å². The molecular formula is C21H19ClN2O4. The van der Waals surface area contributed by atoms with Gasteiger partial charge in [0.2, 0.25) is 5.75 Å². The van der Waals surface area contributed by atoms with E-state index in [0.717, 1.165) is 11.3 Å². The van der Waals surface area contributed by atoms with Crippen molar-refractivity contribution in [1.29, 1.82) is 0 Å². The molecule has 0 radical (unpaired) electrons. The summed E-state index contributed by atoms with van der Waals surface area (Å²) in [5.41, 5.74) is 2.81. The minimum atomic E-state index is -0.207. The van der Waals surface area contributed by atoms with E-state index >= 15 is 0 Å². The van der Waals surface area contributed by atoms with Crippen molar-refractivity contribution in [3.05, 3.63) is 64.8 Å². The number of aromatic nitrogens is 2. The summed E-state index contributed by atoms with van der Waals surface area (Å²) in [6.45, 7) is 0. The fourth-order valence-corrected chi connectivity index (χ4v) is 2.80. The molecule has 0 atom stereocenters. The standard InChI is InChI=1S/C21H19ClN2O4/c1-26-19-10-14(11-20(27-2)21(19)28-3)18(25)9-8-16-12-17(24-23-16)13-4-6-15(22)7-5-13/h4-12H,1-3H3,(H,23,24)/b9-8+. The Balaban J connectivity index is 1.81. The van der Waals surface area contributed by atoms with Crippen molar-refractivity contribution in [2.75, 3.05) is 21.3 Å². The molecule has 0 fully saturated rings. The minimum Gasteiger partial charge on any atom is -0.493 e. The molecule has 3 aromatic rings. The maximum atomic E-state index is 12.6. The zero-order valence-electron chi connectivity index (χ0n) is 15.7. The van der Waals surface area contributed by atoms with Gasteiger partial charge in [0.15, 0.2) is 17.3 Å². The van der Waals surface area contributed by atoms with Crippen LogP contribution in [0.5, 0.6) is 17.2 Å². The van der Waals surface area contributed by atoms with E-state index in [1.165, 1.54) is 27.4 Å². The van der Waals surface area contributed by atoms with Gasteiger partial charge >= 0.3 is 0 Å². The van der Waals surface area contributed by atoms with Crippen molar-refractivity contribution in [1.82, 2.24) is 10.2 Å². The highest BCUT2D eigenvalue weighted by Crippen LogP contribution is 2.38. The number of hydrogen-bond donors (Lipinski definition) is 1. The Hall–Kier alpha value is -3.25. The highest BCUT2D eigenvalue weighted by Gasteiger charge is 2.15. The predicted octanol–water partition coefficient (Wildman–Crippen LogP) is 4.65. The summed E-state index contributed by atoms with van der Waals surface area (Å²) in [6, 6.07) is 12.4. The number of carbonyl (C=O) groups excluding carboxylic acids is 1. The Kier molecular flexibility index (Phi) is 6.01. The molecule has 0 amide bonds. The van der Waals surface area contributed by atoms with Crippen LogP contribution in [0.2, 0.25) is 5.02 Å².